The van der Waals surface area contributed by atoms with Crippen LogP contribution in [0, 0.1) is 5.82 Å². The summed E-state index contributed by atoms with van der Waals surface area (Å²) in [6.07, 6.45) is 5.14. The average Bonchev–Trinajstić information content (AvgIpc) is 2.80. The Hall–Kier alpha value is -2.44. The highest BCUT2D eigenvalue weighted by Crippen LogP contribution is 2.30. The third-order valence-corrected chi connectivity index (χ3v) is 4.96. The zero-order valence-corrected chi connectivity index (χ0v) is 14.2. The van der Waals surface area contributed by atoms with Gasteiger partial charge < -0.3 is 10.6 Å². The first-order valence-corrected chi connectivity index (χ1v) is 8.60. The lowest BCUT2D eigenvalue weighted by atomic mass is 9.91. The van der Waals surface area contributed by atoms with Crippen molar-refractivity contribution in [1.82, 2.24) is 15.5 Å². The van der Waals surface area contributed by atoms with E-state index in [0.29, 0.717) is 0 Å². The standard InChI is InChI=1S/C18H22FN3O3/c1-18(13-9-5-6-10-14(13)19)16(24)22(17(25)21-18)11-15(23)20-12-7-3-2-4-8-12/h5-6,9-10,12H,2-4,7-8,11H2,1H3,(H,20,23)(H,21,25)/t18-/m0/s1. The third-order valence-electron chi connectivity index (χ3n) is 4.96. The highest BCUT2D eigenvalue weighted by molar-refractivity contribution is 6.09. The molecule has 1 aromatic carbocycles. The molecule has 1 heterocycles. The molecule has 134 valence electrons. The van der Waals surface area contributed by atoms with Crippen molar-refractivity contribution in [2.75, 3.05) is 6.54 Å². The molecule has 1 aliphatic heterocycles. The first-order valence-electron chi connectivity index (χ1n) is 8.60. The Morgan fingerprint density at radius 1 is 1.28 bits per heavy atom. The molecule has 1 saturated heterocycles. The fourth-order valence-corrected chi connectivity index (χ4v) is 3.55. The van der Waals surface area contributed by atoms with Crippen LogP contribution >= 0.6 is 0 Å². The van der Waals surface area contributed by atoms with E-state index in [0.717, 1.165) is 30.6 Å². The number of nitrogens with one attached hydrogen (secondary N) is 2. The summed E-state index contributed by atoms with van der Waals surface area (Å²) in [5.41, 5.74) is -1.42. The summed E-state index contributed by atoms with van der Waals surface area (Å²) in [5.74, 6) is -1.57. The van der Waals surface area contributed by atoms with Gasteiger partial charge in [0.1, 0.15) is 17.9 Å². The first-order chi connectivity index (χ1) is 11.9. The van der Waals surface area contributed by atoms with Gasteiger partial charge in [-0.3, -0.25) is 14.5 Å². The van der Waals surface area contributed by atoms with Crippen molar-refractivity contribution < 1.29 is 18.8 Å². The largest absolute Gasteiger partial charge is 0.352 e. The second-order valence-corrected chi connectivity index (χ2v) is 6.83. The van der Waals surface area contributed by atoms with E-state index < -0.39 is 23.3 Å². The number of amides is 4. The summed E-state index contributed by atoms with van der Waals surface area (Å²) >= 11 is 0. The van der Waals surface area contributed by atoms with Gasteiger partial charge in [0.15, 0.2) is 0 Å². The van der Waals surface area contributed by atoms with Crippen molar-refractivity contribution in [3.8, 4) is 0 Å². The number of imide groups is 1. The molecule has 3 rings (SSSR count). The summed E-state index contributed by atoms with van der Waals surface area (Å²) in [4.78, 5) is 38.0. The van der Waals surface area contributed by atoms with E-state index in [1.807, 2.05) is 0 Å². The third kappa shape index (κ3) is 3.36. The van der Waals surface area contributed by atoms with Gasteiger partial charge in [-0.2, -0.15) is 0 Å². The molecular weight excluding hydrogens is 325 g/mol. The molecule has 2 aliphatic rings. The number of carbonyl (C=O) groups excluding carboxylic acids is 3. The minimum Gasteiger partial charge on any atom is -0.352 e. The number of benzene rings is 1. The van der Waals surface area contributed by atoms with Crippen LogP contribution in [0.4, 0.5) is 9.18 Å². The van der Waals surface area contributed by atoms with Gasteiger partial charge in [-0.15, -0.1) is 0 Å². The SMILES string of the molecule is C[C@@]1(c2ccccc2F)NC(=O)N(CC(=O)NC2CCCCC2)C1=O. The maximum absolute atomic E-state index is 14.1. The van der Waals surface area contributed by atoms with Crippen LogP contribution in [0.1, 0.15) is 44.6 Å². The predicted octanol–water partition coefficient (Wildman–Crippen LogP) is 2.04. The second kappa shape index (κ2) is 6.82. The van der Waals surface area contributed by atoms with Crippen molar-refractivity contribution in [2.45, 2.75) is 50.6 Å². The lowest BCUT2D eigenvalue weighted by Crippen LogP contribution is -2.46. The van der Waals surface area contributed by atoms with Crippen LogP contribution in [-0.2, 0) is 15.1 Å². The number of hydrogen-bond acceptors (Lipinski definition) is 3. The Balaban J connectivity index is 1.71. The monoisotopic (exact) mass is 347 g/mol. The van der Waals surface area contributed by atoms with E-state index in [-0.39, 0.29) is 24.1 Å². The van der Waals surface area contributed by atoms with Gasteiger partial charge in [-0.05, 0) is 25.8 Å². The van der Waals surface area contributed by atoms with Crippen LogP contribution in [0.3, 0.4) is 0 Å². The quantitative estimate of drug-likeness (QED) is 0.818. The maximum atomic E-state index is 14.1. The molecule has 6 nitrogen and oxygen atoms in total. The topological polar surface area (TPSA) is 78.5 Å². The van der Waals surface area contributed by atoms with Gasteiger partial charge in [0.25, 0.3) is 5.91 Å². The van der Waals surface area contributed by atoms with Gasteiger partial charge in [0.2, 0.25) is 5.91 Å². The normalized spacial score (nSPS) is 24.3. The van der Waals surface area contributed by atoms with E-state index in [1.54, 1.807) is 6.07 Å². The minimum absolute atomic E-state index is 0.0866. The molecule has 0 bridgehead atoms. The van der Waals surface area contributed by atoms with E-state index in [4.69, 9.17) is 0 Å². The van der Waals surface area contributed by atoms with Crippen LogP contribution < -0.4 is 10.6 Å². The second-order valence-electron chi connectivity index (χ2n) is 6.83. The molecule has 4 amide bonds. The number of urea groups is 1. The van der Waals surface area contributed by atoms with E-state index >= 15 is 0 Å². The molecule has 0 unspecified atom stereocenters. The number of nitrogens with zero attached hydrogens (tertiary/aromatic N) is 1. The molecule has 7 heteroatoms. The smallest absolute Gasteiger partial charge is 0.325 e. The molecular formula is C18H22FN3O3. The van der Waals surface area contributed by atoms with Crippen molar-refractivity contribution in [2.24, 2.45) is 0 Å². The molecule has 1 aromatic rings. The van der Waals surface area contributed by atoms with Gasteiger partial charge in [-0.1, -0.05) is 37.5 Å². The molecule has 0 radical (unpaired) electrons. The molecule has 2 fully saturated rings. The molecule has 2 N–H and O–H groups in total. The summed E-state index contributed by atoms with van der Waals surface area (Å²) in [6, 6.07) is 5.22. The van der Waals surface area contributed by atoms with Crippen LogP contribution in [0.15, 0.2) is 24.3 Å². The van der Waals surface area contributed by atoms with Gasteiger partial charge in [0.05, 0.1) is 0 Å². The number of rotatable bonds is 4. The van der Waals surface area contributed by atoms with Crippen LogP contribution in [0.2, 0.25) is 0 Å². The Bertz CT molecular complexity index is 703. The fraction of sp³-hybridized carbons (Fsp3) is 0.500. The summed E-state index contributed by atoms with van der Waals surface area (Å²) < 4.78 is 14.1. The van der Waals surface area contributed by atoms with Crippen LogP contribution in [0.25, 0.3) is 0 Å². The van der Waals surface area contributed by atoms with Crippen molar-refractivity contribution in [1.29, 1.82) is 0 Å². The highest BCUT2D eigenvalue weighted by atomic mass is 19.1. The van der Waals surface area contributed by atoms with Gasteiger partial charge in [0, 0.05) is 11.6 Å². The van der Waals surface area contributed by atoms with E-state index in [9.17, 15) is 18.8 Å². The van der Waals surface area contributed by atoms with E-state index in [1.165, 1.54) is 31.5 Å². The van der Waals surface area contributed by atoms with E-state index in [2.05, 4.69) is 10.6 Å². The molecule has 0 spiro atoms. The first kappa shape index (κ1) is 17.4. The molecule has 1 aliphatic carbocycles. The van der Waals surface area contributed by atoms with Crippen molar-refractivity contribution >= 4 is 17.8 Å². The Labute approximate surface area is 145 Å². The summed E-state index contributed by atoms with van der Waals surface area (Å²) in [5, 5.41) is 5.39. The van der Waals surface area contributed by atoms with Crippen LogP contribution in [0.5, 0.6) is 0 Å². The summed E-state index contributed by atoms with van der Waals surface area (Å²) in [6.45, 7) is 1.09. The highest BCUT2D eigenvalue weighted by Gasteiger charge is 2.50. The predicted molar refractivity (Wildman–Crippen MR) is 89.0 cm³/mol. The van der Waals surface area contributed by atoms with Crippen molar-refractivity contribution in [3.05, 3.63) is 35.6 Å². The minimum atomic E-state index is -1.51. The Kier molecular flexibility index (Phi) is 4.74. The molecule has 0 aromatic heterocycles. The molecule has 1 atom stereocenters. The Morgan fingerprint density at radius 2 is 1.96 bits per heavy atom. The van der Waals surface area contributed by atoms with Crippen LogP contribution in [-0.4, -0.2) is 35.3 Å². The number of carbonyl (C=O) groups is 3. The lowest BCUT2D eigenvalue weighted by molar-refractivity contribution is -0.135. The molecule has 25 heavy (non-hydrogen) atoms. The van der Waals surface area contributed by atoms with Crippen molar-refractivity contribution in [3.63, 3.8) is 0 Å². The Morgan fingerprint density at radius 3 is 2.64 bits per heavy atom. The fourth-order valence-electron chi connectivity index (χ4n) is 3.55. The zero-order chi connectivity index (χ0) is 18.0. The average molecular weight is 347 g/mol. The maximum Gasteiger partial charge on any atom is 0.325 e. The molecule has 1 saturated carbocycles. The lowest BCUT2D eigenvalue weighted by Gasteiger charge is -2.24. The summed E-state index contributed by atoms with van der Waals surface area (Å²) in [7, 11) is 0. The number of halogens is 1. The number of hydrogen-bond donors (Lipinski definition) is 2. The zero-order valence-electron chi connectivity index (χ0n) is 14.2. The van der Waals surface area contributed by atoms with Gasteiger partial charge >= 0.3 is 6.03 Å². The van der Waals surface area contributed by atoms with Gasteiger partial charge in [-0.25, -0.2) is 9.18 Å².